The topological polar surface area (TPSA) is 85.1 Å². The van der Waals surface area contributed by atoms with Crippen LogP contribution in [0.15, 0.2) is 35.7 Å². The standard InChI is InChI=1S/C27H28N6OS2/c1-15(2)12-20-17-9-5-6-10-18(17)22-23-24(36-26(22)30-20)25-31-32-27(33(25)14-28-23)35-13-21(34)29-19-11-7-4-8-16(19)3/h4,7-8,11,14-15H,5-6,9-10,12-13H2,1-3H3,(H,29,34). The molecule has 1 aliphatic carbocycles. The predicted octanol–water partition coefficient (Wildman–Crippen LogP) is 6.00. The first-order chi connectivity index (χ1) is 17.5. The summed E-state index contributed by atoms with van der Waals surface area (Å²) in [6, 6.07) is 7.77. The fourth-order valence-corrected chi connectivity index (χ4v) is 6.92. The van der Waals surface area contributed by atoms with Gasteiger partial charge in [-0.2, -0.15) is 0 Å². The first-order valence-electron chi connectivity index (χ1n) is 12.4. The van der Waals surface area contributed by atoms with Gasteiger partial charge in [0.2, 0.25) is 5.91 Å². The monoisotopic (exact) mass is 516 g/mol. The van der Waals surface area contributed by atoms with Gasteiger partial charge < -0.3 is 5.32 Å². The number of fused-ring (bicyclic) bond motifs is 7. The van der Waals surface area contributed by atoms with Gasteiger partial charge in [0.1, 0.15) is 15.9 Å². The van der Waals surface area contributed by atoms with E-state index >= 15 is 0 Å². The van der Waals surface area contributed by atoms with Gasteiger partial charge in [-0.05, 0) is 67.7 Å². The van der Waals surface area contributed by atoms with Crippen LogP contribution in [-0.4, -0.2) is 36.2 Å². The van der Waals surface area contributed by atoms with E-state index in [1.165, 1.54) is 46.8 Å². The van der Waals surface area contributed by atoms with Gasteiger partial charge in [0, 0.05) is 16.8 Å². The van der Waals surface area contributed by atoms with Crippen molar-refractivity contribution in [1.29, 1.82) is 0 Å². The van der Waals surface area contributed by atoms with E-state index in [0.29, 0.717) is 11.1 Å². The Balaban J connectivity index is 1.35. The minimum atomic E-state index is -0.0736. The lowest BCUT2D eigenvalue weighted by Gasteiger charge is -2.20. The van der Waals surface area contributed by atoms with Gasteiger partial charge >= 0.3 is 0 Å². The van der Waals surface area contributed by atoms with Crippen LogP contribution in [0.5, 0.6) is 0 Å². The van der Waals surface area contributed by atoms with E-state index in [9.17, 15) is 4.79 Å². The lowest BCUT2D eigenvalue weighted by molar-refractivity contribution is -0.113. The number of benzene rings is 1. The zero-order valence-electron chi connectivity index (χ0n) is 20.7. The first-order valence-corrected chi connectivity index (χ1v) is 14.2. The number of amides is 1. The maximum Gasteiger partial charge on any atom is 0.234 e. The highest BCUT2D eigenvalue weighted by Gasteiger charge is 2.24. The number of para-hydroxylation sites is 1. The van der Waals surface area contributed by atoms with Crippen LogP contribution in [0, 0.1) is 12.8 Å². The third kappa shape index (κ3) is 4.14. The first kappa shape index (κ1) is 23.4. The second-order valence-corrected chi connectivity index (χ2v) is 11.8. The van der Waals surface area contributed by atoms with Gasteiger partial charge in [-0.15, -0.1) is 21.5 Å². The van der Waals surface area contributed by atoms with Crippen LogP contribution in [0.3, 0.4) is 0 Å². The van der Waals surface area contributed by atoms with Gasteiger partial charge in [0.25, 0.3) is 0 Å². The number of rotatable bonds is 6. The van der Waals surface area contributed by atoms with Crippen molar-refractivity contribution in [2.45, 2.75) is 58.0 Å². The summed E-state index contributed by atoms with van der Waals surface area (Å²) in [5.41, 5.74) is 7.76. The number of thiophene rings is 1. The van der Waals surface area contributed by atoms with Gasteiger partial charge in [-0.1, -0.05) is 43.8 Å². The van der Waals surface area contributed by atoms with E-state index in [4.69, 9.17) is 9.97 Å². The highest BCUT2D eigenvalue weighted by atomic mass is 32.2. The molecule has 1 amide bonds. The van der Waals surface area contributed by atoms with Crippen molar-refractivity contribution < 1.29 is 4.79 Å². The number of aryl methyl sites for hydroxylation is 2. The van der Waals surface area contributed by atoms with Crippen LogP contribution in [0.1, 0.15) is 49.1 Å². The Kier molecular flexibility index (Phi) is 6.13. The molecule has 0 fully saturated rings. The van der Waals surface area contributed by atoms with Crippen LogP contribution in [0.25, 0.3) is 26.1 Å². The molecule has 7 nitrogen and oxygen atoms in total. The molecule has 9 heteroatoms. The molecular weight excluding hydrogens is 488 g/mol. The summed E-state index contributed by atoms with van der Waals surface area (Å²) in [4.78, 5) is 23.6. The number of hydrogen-bond donors (Lipinski definition) is 1. The normalized spacial score (nSPS) is 13.7. The lowest BCUT2D eigenvalue weighted by Crippen LogP contribution is -2.15. The summed E-state index contributed by atoms with van der Waals surface area (Å²) < 4.78 is 2.91. The number of thioether (sulfide) groups is 1. The molecule has 0 aliphatic heterocycles. The number of carbonyl (C=O) groups is 1. The molecule has 0 bridgehead atoms. The summed E-state index contributed by atoms with van der Waals surface area (Å²) in [6.45, 7) is 6.50. The molecule has 1 N–H and O–H groups in total. The molecule has 1 aliphatic rings. The molecule has 4 aromatic heterocycles. The Morgan fingerprint density at radius 3 is 2.78 bits per heavy atom. The molecule has 1 aromatic carbocycles. The Bertz CT molecular complexity index is 1620. The van der Waals surface area contributed by atoms with Crippen molar-refractivity contribution in [3.63, 3.8) is 0 Å². The lowest BCUT2D eigenvalue weighted by atomic mass is 9.87. The van der Waals surface area contributed by atoms with E-state index in [1.807, 2.05) is 35.6 Å². The summed E-state index contributed by atoms with van der Waals surface area (Å²) in [5, 5.41) is 13.7. The third-order valence-corrected chi connectivity index (χ3v) is 8.75. The maximum atomic E-state index is 12.6. The molecular formula is C27H28N6OS2. The van der Waals surface area contributed by atoms with Crippen LogP contribution in [-0.2, 0) is 24.1 Å². The molecule has 0 atom stereocenters. The van der Waals surface area contributed by atoms with Crippen LogP contribution in [0.4, 0.5) is 5.69 Å². The quantitative estimate of drug-likeness (QED) is 0.279. The molecule has 6 rings (SSSR count). The Labute approximate surface area is 217 Å². The van der Waals surface area contributed by atoms with Gasteiger partial charge in [-0.25, -0.2) is 9.97 Å². The van der Waals surface area contributed by atoms with Gasteiger partial charge in [-0.3, -0.25) is 9.20 Å². The number of anilines is 1. The summed E-state index contributed by atoms with van der Waals surface area (Å²) in [5.74, 6) is 0.738. The number of pyridine rings is 1. The molecule has 5 aromatic rings. The van der Waals surface area contributed by atoms with E-state index in [1.54, 1.807) is 17.7 Å². The van der Waals surface area contributed by atoms with E-state index < -0.39 is 0 Å². The SMILES string of the molecule is Cc1ccccc1NC(=O)CSc1nnc2c3sc4nc(CC(C)C)c5c(c4c3ncn12)CCCC5. The molecule has 184 valence electrons. The fraction of sp³-hybridized carbons (Fsp3) is 0.370. The van der Waals surface area contributed by atoms with E-state index in [-0.39, 0.29) is 11.7 Å². The fourth-order valence-electron chi connectivity index (χ4n) is 5.06. The van der Waals surface area contributed by atoms with E-state index in [2.05, 4.69) is 29.4 Å². The maximum absolute atomic E-state index is 12.6. The number of nitrogens with zero attached hydrogens (tertiary/aromatic N) is 5. The zero-order valence-corrected chi connectivity index (χ0v) is 22.3. The Morgan fingerprint density at radius 2 is 1.97 bits per heavy atom. The summed E-state index contributed by atoms with van der Waals surface area (Å²) in [7, 11) is 0. The largest absolute Gasteiger partial charge is 0.325 e. The highest BCUT2D eigenvalue weighted by Crippen LogP contribution is 2.40. The second-order valence-electron chi connectivity index (χ2n) is 9.85. The van der Waals surface area contributed by atoms with Crippen molar-refractivity contribution in [2.75, 3.05) is 11.1 Å². The summed E-state index contributed by atoms with van der Waals surface area (Å²) >= 11 is 3.02. The molecule has 4 heterocycles. The number of hydrogen-bond acceptors (Lipinski definition) is 7. The molecule has 0 saturated carbocycles. The Morgan fingerprint density at radius 1 is 1.17 bits per heavy atom. The molecule has 0 radical (unpaired) electrons. The average molecular weight is 517 g/mol. The minimum absolute atomic E-state index is 0.0736. The van der Waals surface area contributed by atoms with Crippen molar-refractivity contribution in [1.82, 2.24) is 24.6 Å². The average Bonchev–Trinajstić information content (AvgIpc) is 3.45. The Hall–Kier alpha value is -3.04. The predicted molar refractivity (Wildman–Crippen MR) is 147 cm³/mol. The van der Waals surface area contributed by atoms with Crippen molar-refractivity contribution in [2.24, 2.45) is 5.92 Å². The highest BCUT2D eigenvalue weighted by molar-refractivity contribution is 7.99. The number of aromatic nitrogens is 5. The minimum Gasteiger partial charge on any atom is -0.325 e. The number of nitrogens with one attached hydrogen (secondary N) is 1. The van der Waals surface area contributed by atoms with Gasteiger partial charge in [0.15, 0.2) is 10.8 Å². The molecule has 36 heavy (non-hydrogen) atoms. The second kappa shape index (κ2) is 9.44. The zero-order chi connectivity index (χ0) is 24.8. The van der Waals surface area contributed by atoms with Crippen LogP contribution in [0.2, 0.25) is 0 Å². The van der Waals surface area contributed by atoms with Crippen molar-refractivity contribution in [3.8, 4) is 0 Å². The van der Waals surface area contributed by atoms with Crippen LogP contribution < -0.4 is 5.32 Å². The number of carbonyl (C=O) groups excluding carboxylic acids is 1. The van der Waals surface area contributed by atoms with Crippen molar-refractivity contribution >= 4 is 60.8 Å². The molecule has 0 spiro atoms. The van der Waals surface area contributed by atoms with E-state index in [0.717, 1.165) is 51.2 Å². The third-order valence-electron chi connectivity index (χ3n) is 6.74. The van der Waals surface area contributed by atoms with Crippen molar-refractivity contribution in [3.05, 3.63) is 53.0 Å². The van der Waals surface area contributed by atoms with Gasteiger partial charge in [0.05, 0.1) is 11.3 Å². The smallest absolute Gasteiger partial charge is 0.234 e. The summed E-state index contributed by atoms with van der Waals surface area (Å²) in [6.07, 6.45) is 7.43. The van der Waals surface area contributed by atoms with Crippen LogP contribution >= 0.6 is 23.1 Å². The molecule has 0 unspecified atom stereocenters. The molecule has 0 saturated heterocycles.